The molecule has 4 nitrogen and oxygen atoms in total. The zero-order chi connectivity index (χ0) is 13.3. The van der Waals surface area contributed by atoms with Crippen LogP contribution in [0.15, 0.2) is 34.5 Å². The molecule has 0 radical (unpaired) electrons. The normalized spacial score (nSPS) is 11.4. The lowest BCUT2D eigenvalue weighted by Gasteiger charge is -2.08. The van der Waals surface area contributed by atoms with E-state index in [0.29, 0.717) is 0 Å². The highest BCUT2D eigenvalue weighted by molar-refractivity contribution is 7.94. The van der Waals surface area contributed by atoms with Gasteiger partial charge in [-0.3, -0.25) is 4.72 Å². The predicted molar refractivity (Wildman–Crippen MR) is 72.7 cm³/mol. The van der Waals surface area contributed by atoms with Crippen LogP contribution in [0.1, 0.15) is 10.4 Å². The van der Waals surface area contributed by atoms with E-state index in [0.717, 1.165) is 10.4 Å². The number of phenolic OH excluding ortho intramolecular Hbond substituents is 1. The van der Waals surface area contributed by atoms with Crippen LogP contribution in [0.4, 0.5) is 5.69 Å². The number of hydrogen-bond acceptors (Lipinski definition) is 4. The second-order valence-electron chi connectivity index (χ2n) is 3.99. The van der Waals surface area contributed by atoms with E-state index >= 15 is 0 Å². The summed E-state index contributed by atoms with van der Waals surface area (Å²) in [6.45, 7) is 3.66. The summed E-state index contributed by atoms with van der Waals surface area (Å²) in [6.07, 6.45) is 0. The Kier molecular flexibility index (Phi) is 3.32. The Morgan fingerprint density at radius 3 is 2.44 bits per heavy atom. The molecule has 2 aromatic rings. The van der Waals surface area contributed by atoms with Crippen molar-refractivity contribution in [3.63, 3.8) is 0 Å². The molecule has 0 atom stereocenters. The third-order valence-electron chi connectivity index (χ3n) is 2.38. The van der Waals surface area contributed by atoms with Crippen LogP contribution in [0.5, 0.6) is 5.75 Å². The van der Waals surface area contributed by atoms with Crippen LogP contribution in [-0.2, 0) is 10.0 Å². The first kappa shape index (κ1) is 12.9. The molecule has 0 spiro atoms. The first-order valence-electron chi connectivity index (χ1n) is 5.27. The molecule has 1 aromatic heterocycles. The minimum absolute atomic E-state index is 0.0770. The van der Waals surface area contributed by atoms with E-state index in [-0.39, 0.29) is 15.6 Å². The Bertz CT molecular complexity index is 674. The fourth-order valence-electron chi connectivity index (χ4n) is 1.48. The number of benzene rings is 1. The Balaban J connectivity index is 2.33. The molecular formula is C12H13NO3S2. The lowest BCUT2D eigenvalue weighted by molar-refractivity contribution is 0.477. The van der Waals surface area contributed by atoms with Gasteiger partial charge in [-0.2, -0.15) is 0 Å². The Labute approximate surface area is 110 Å². The van der Waals surface area contributed by atoms with Crippen molar-refractivity contribution in [3.05, 3.63) is 40.8 Å². The minimum Gasteiger partial charge on any atom is -0.506 e. The molecule has 6 heteroatoms. The van der Waals surface area contributed by atoms with Crippen molar-refractivity contribution in [1.82, 2.24) is 0 Å². The number of anilines is 1. The molecule has 2 N–H and O–H groups in total. The van der Waals surface area contributed by atoms with Crippen molar-refractivity contribution in [2.45, 2.75) is 18.1 Å². The zero-order valence-corrected chi connectivity index (χ0v) is 11.6. The first-order chi connectivity index (χ1) is 8.38. The van der Waals surface area contributed by atoms with Gasteiger partial charge in [0.25, 0.3) is 10.0 Å². The van der Waals surface area contributed by atoms with Crippen LogP contribution in [0.25, 0.3) is 0 Å². The molecule has 2 rings (SSSR count). The SMILES string of the molecule is Cc1ccc(NS(=O)(=O)c2ccc(C)s2)c(O)c1. The third-order valence-corrected chi connectivity index (χ3v) is 5.24. The van der Waals surface area contributed by atoms with Gasteiger partial charge in [0, 0.05) is 4.88 Å². The molecule has 1 heterocycles. The molecule has 1 aromatic carbocycles. The van der Waals surface area contributed by atoms with Crippen molar-refractivity contribution in [3.8, 4) is 5.75 Å². The summed E-state index contributed by atoms with van der Waals surface area (Å²) in [4.78, 5) is 0.920. The summed E-state index contributed by atoms with van der Waals surface area (Å²) >= 11 is 1.19. The largest absolute Gasteiger partial charge is 0.506 e. The molecular weight excluding hydrogens is 270 g/mol. The van der Waals surface area contributed by atoms with Gasteiger partial charge in [-0.05, 0) is 43.7 Å². The molecule has 0 aliphatic heterocycles. The van der Waals surface area contributed by atoms with E-state index < -0.39 is 10.0 Å². The second kappa shape index (κ2) is 4.62. The van der Waals surface area contributed by atoms with Crippen molar-refractivity contribution in [2.75, 3.05) is 4.72 Å². The molecule has 0 fully saturated rings. The standard InChI is InChI=1S/C12H13NO3S2/c1-8-3-5-10(11(14)7-8)13-18(15,16)12-6-4-9(2)17-12/h3-7,13-14H,1-2H3. The van der Waals surface area contributed by atoms with Crippen LogP contribution >= 0.6 is 11.3 Å². The van der Waals surface area contributed by atoms with E-state index in [9.17, 15) is 13.5 Å². The topological polar surface area (TPSA) is 66.4 Å². The average molecular weight is 283 g/mol. The number of hydrogen-bond donors (Lipinski definition) is 2. The maximum Gasteiger partial charge on any atom is 0.271 e. The highest BCUT2D eigenvalue weighted by atomic mass is 32.2. The van der Waals surface area contributed by atoms with Gasteiger partial charge < -0.3 is 5.11 Å². The van der Waals surface area contributed by atoms with Gasteiger partial charge in [-0.25, -0.2) is 8.42 Å². The van der Waals surface area contributed by atoms with Crippen LogP contribution in [0, 0.1) is 13.8 Å². The number of nitrogens with one attached hydrogen (secondary N) is 1. The number of phenols is 1. The number of aryl methyl sites for hydroxylation is 2. The summed E-state index contributed by atoms with van der Waals surface area (Å²) in [6, 6.07) is 8.08. The third kappa shape index (κ3) is 2.65. The van der Waals surface area contributed by atoms with Crippen molar-refractivity contribution in [2.24, 2.45) is 0 Å². The summed E-state index contributed by atoms with van der Waals surface area (Å²) in [5, 5.41) is 9.68. The number of aromatic hydroxyl groups is 1. The number of thiophene rings is 1. The van der Waals surface area contributed by atoms with Gasteiger partial charge in [0.05, 0.1) is 5.69 Å². The quantitative estimate of drug-likeness (QED) is 0.851. The van der Waals surface area contributed by atoms with E-state index in [2.05, 4.69) is 4.72 Å². The van der Waals surface area contributed by atoms with E-state index in [4.69, 9.17) is 0 Å². The van der Waals surface area contributed by atoms with E-state index in [1.165, 1.54) is 17.4 Å². The molecule has 0 bridgehead atoms. The minimum atomic E-state index is -3.62. The highest BCUT2D eigenvalue weighted by Crippen LogP contribution is 2.28. The Hall–Kier alpha value is -1.53. The number of rotatable bonds is 3. The molecule has 0 aliphatic rings. The Morgan fingerprint density at radius 2 is 1.89 bits per heavy atom. The van der Waals surface area contributed by atoms with Gasteiger partial charge in [-0.1, -0.05) is 6.07 Å². The van der Waals surface area contributed by atoms with Gasteiger partial charge in [0.1, 0.15) is 9.96 Å². The van der Waals surface area contributed by atoms with Crippen molar-refractivity contribution < 1.29 is 13.5 Å². The van der Waals surface area contributed by atoms with Crippen LogP contribution < -0.4 is 4.72 Å². The average Bonchev–Trinajstić information content (AvgIpc) is 2.70. The maximum atomic E-state index is 12.0. The molecule has 0 saturated heterocycles. The smallest absolute Gasteiger partial charge is 0.271 e. The monoisotopic (exact) mass is 283 g/mol. The van der Waals surface area contributed by atoms with E-state index in [1.54, 1.807) is 24.3 Å². The van der Waals surface area contributed by atoms with Gasteiger partial charge in [0.15, 0.2) is 0 Å². The predicted octanol–water partition coefficient (Wildman–Crippen LogP) is 2.87. The van der Waals surface area contributed by atoms with Gasteiger partial charge >= 0.3 is 0 Å². The number of sulfonamides is 1. The van der Waals surface area contributed by atoms with Crippen LogP contribution in [0.3, 0.4) is 0 Å². The first-order valence-corrected chi connectivity index (χ1v) is 7.57. The fourth-order valence-corrected chi connectivity index (χ4v) is 3.84. The lowest BCUT2D eigenvalue weighted by atomic mass is 10.2. The summed E-state index contributed by atoms with van der Waals surface area (Å²) in [7, 11) is -3.62. The molecule has 0 unspecified atom stereocenters. The lowest BCUT2D eigenvalue weighted by Crippen LogP contribution is -2.11. The Morgan fingerprint density at radius 1 is 1.17 bits per heavy atom. The highest BCUT2D eigenvalue weighted by Gasteiger charge is 2.17. The van der Waals surface area contributed by atoms with Crippen molar-refractivity contribution >= 4 is 27.0 Å². The summed E-state index contributed by atoms with van der Waals surface area (Å²) < 4.78 is 26.7. The van der Waals surface area contributed by atoms with Crippen molar-refractivity contribution in [1.29, 1.82) is 0 Å². The second-order valence-corrected chi connectivity index (χ2v) is 7.19. The van der Waals surface area contributed by atoms with E-state index in [1.807, 2.05) is 13.8 Å². The van der Waals surface area contributed by atoms with Gasteiger partial charge in [0.2, 0.25) is 0 Å². The molecule has 0 amide bonds. The molecule has 18 heavy (non-hydrogen) atoms. The molecule has 0 aliphatic carbocycles. The maximum absolute atomic E-state index is 12.0. The van der Waals surface area contributed by atoms with Crippen LogP contribution in [-0.4, -0.2) is 13.5 Å². The molecule has 96 valence electrons. The fraction of sp³-hybridized carbons (Fsp3) is 0.167. The summed E-state index contributed by atoms with van der Waals surface area (Å²) in [5.74, 6) is -0.0770. The van der Waals surface area contributed by atoms with Gasteiger partial charge in [-0.15, -0.1) is 11.3 Å². The zero-order valence-electron chi connectivity index (χ0n) is 9.97. The van der Waals surface area contributed by atoms with Crippen LogP contribution in [0.2, 0.25) is 0 Å². The molecule has 0 saturated carbocycles. The summed E-state index contributed by atoms with van der Waals surface area (Å²) in [5.41, 5.74) is 1.05.